The number of fused-ring (bicyclic) bond motifs is 1. The summed E-state index contributed by atoms with van der Waals surface area (Å²) in [6.07, 6.45) is 0. The van der Waals surface area contributed by atoms with Gasteiger partial charge in [-0.3, -0.25) is 0 Å². The highest BCUT2D eigenvalue weighted by Crippen LogP contribution is 2.48. The van der Waals surface area contributed by atoms with Gasteiger partial charge in [-0.15, -0.1) is 0 Å². The van der Waals surface area contributed by atoms with Crippen molar-refractivity contribution in [3.8, 4) is 56.0 Å². The first-order valence-corrected chi connectivity index (χ1v) is 13.3. The lowest BCUT2D eigenvalue weighted by Gasteiger charge is -2.15. The highest BCUT2D eigenvalue weighted by molar-refractivity contribution is 6.13. The fraction of sp³-hybridized carbons (Fsp3) is 0. The average molecular weight is 499 g/mol. The van der Waals surface area contributed by atoms with Crippen LogP contribution in [0.3, 0.4) is 0 Å². The van der Waals surface area contributed by atoms with Crippen LogP contribution in [0.15, 0.2) is 162 Å². The van der Waals surface area contributed by atoms with Crippen molar-refractivity contribution >= 4 is 10.8 Å². The average Bonchev–Trinajstić information content (AvgIpc) is 3.42. The predicted octanol–water partition coefficient (Wildman–Crippen LogP) is 10.8. The van der Waals surface area contributed by atoms with Crippen LogP contribution in [0.2, 0.25) is 0 Å². The molecule has 0 amide bonds. The maximum Gasteiger partial charge on any atom is 0.143 e. The molecule has 1 heteroatoms. The van der Waals surface area contributed by atoms with E-state index in [2.05, 4.69) is 152 Å². The minimum atomic E-state index is 0.889. The van der Waals surface area contributed by atoms with Gasteiger partial charge in [-0.05, 0) is 33.4 Å². The third-order valence-electron chi connectivity index (χ3n) is 7.32. The number of hydrogen-bond donors (Lipinski definition) is 0. The Kier molecular flexibility index (Phi) is 5.88. The molecule has 0 saturated carbocycles. The fourth-order valence-corrected chi connectivity index (χ4v) is 5.54. The molecule has 0 spiro atoms. The maximum atomic E-state index is 7.02. The molecule has 1 nitrogen and oxygen atoms in total. The zero-order valence-corrected chi connectivity index (χ0v) is 21.4. The van der Waals surface area contributed by atoms with Crippen molar-refractivity contribution in [1.29, 1.82) is 0 Å². The summed E-state index contributed by atoms with van der Waals surface area (Å²) in [7, 11) is 0. The van der Waals surface area contributed by atoms with Gasteiger partial charge in [0, 0.05) is 21.9 Å². The van der Waals surface area contributed by atoms with Crippen molar-refractivity contribution in [3.05, 3.63) is 158 Å². The topological polar surface area (TPSA) is 13.1 Å². The van der Waals surface area contributed by atoms with Crippen LogP contribution >= 0.6 is 0 Å². The van der Waals surface area contributed by atoms with Gasteiger partial charge in [0.2, 0.25) is 0 Å². The molecule has 7 aromatic rings. The van der Waals surface area contributed by atoms with Gasteiger partial charge in [0.25, 0.3) is 0 Å². The van der Waals surface area contributed by atoms with Crippen LogP contribution in [-0.2, 0) is 0 Å². The molecule has 39 heavy (non-hydrogen) atoms. The standard InChI is InChI=1S/C38H26O/c1-5-15-27(16-6-1)31-23-13-24-32(28-17-7-2-8-18-28)35(31)38-34-26-14-25-33(29-19-9-3-10-20-29)36(34)37(39-38)30-21-11-4-12-22-30/h1-26H. The van der Waals surface area contributed by atoms with Gasteiger partial charge in [0.05, 0.1) is 0 Å². The van der Waals surface area contributed by atoms with Crippen molar-refractivity contribution < 1.29 is 4.42 Å². The van der Waals surface area contributed by atoms with Gasteiger partial charge in [0.15, 0.2) is 0 Å². The van der Waals surface area contributed by atoms with E-state index in [1.807, 2.05) is 6.07 Å². The van der Waals surface area contributed by atoms with Crippen molar-refractivity contribution in [1.82, 2.24) is 0 Å². The monoisotopic (exact) mass is 498 g/mol. The van der Waals surface area contributed by atoms with Crippen LogP contribution in [-0.4, -0.2) is 0 Å². The van der Waals surface area contributed by atoms with Crippen LogP contribution in [0.5, 0.6) is 0 Å². The molecule has 0 aliphatic heterocycles. The van der Waals surface area contributed by atoms with E-state index in [0.29, 0.717) is 0 Å². The number of furan rings is 1. The van der Waals surface area contributed by atoms with Crippen molar-refractivity contribution in [2.45, 2.75) is 0 Å². The summed E-state index contributed by atoms with van der Waals surface area (Å²) in [5.74, 6) is 1.78. The van der Waals surface area contributed by atoms with Crippen molar-refractivity contribution in [2.75, 3.05) is 0 Å². The molecular weight excluding hydrogens is 472 g/mol. The predicted molar refractivity (Wildman–Crippen MR) is 163 cm³/mol. The quantitative estimate of drug-likeness (QED) is 0.230. The molecule has 0 aliphatic carbocycles. The first-order valence-electron chi connectivity index (χ1n) is 13.3. The SMILES string of the molecule is c1ccc(-c2cccc(-c3ccccc3)c2-c2oc(-c3ccccc3)c3c(-c4ccccc4)cccc23)cc1. The molecule has 184 valence electrons. The fourth-order valence-electron chi connectivity index (χ4n) is 5.54. The van der Waals surface area contributed by atoms with Crippen molar-refractivity contribution in [3.63, 3.8) is 0 Å². The summed E-state index contributed by atoms with van der Waals surface area (Å²) in [6, 6.07) is 55.3. The molecule has 0 fully saturated rings. The second-order valence-corrected chi connectivity index (χ2v) is 9.68. The van der Waals surface area contributed by atoms with Crippen LogP contribution < -0.4 is 0 Å². The second-order valence-electron chi connectivity index (χ2n) is 9.68. The van der Waals surface area contributed by atoms with Gasteiger partial charge in [-0.2, -0.15) is 0 Å². The summed E-state index contributed by atoms with van der Waals surface area (Å²) in [5, 5.41) is 2.24. The molecule has 1 heterocycles. The third-order valence-corrected chi connectivity index (χ3v) is 7.32. The summed E-state index contributed by atoms with van der Waals surface area (Å²) >= 11 is 0. The summed E-state index contributed by atoms with van der Waals surface area (Å²) in [4.78, 5) is 0. The van der Waals surface area contributed by atoms with E-state index >= 15 is 0 Å². The minimum absolute atomic E-state index is 0.889. The van der Waals surface area contributed by atoms with Gasteiger partial charge in [0.1, 0.15) is 11.5 Å². The molecule has 0 bridgehead atoms. The summed E-state index contributed by atoms with van der Waals surface area (Å²) in [5.41, 5.74) is 9.14. The van der Waals surface area contributed by atoms with Crippen LogP contribution in [0.4, 0.5) is 0 Å². The highest BCUT2D eigenvalue weighted by Gasteiger charge is 2.24. The first-order chi connectivity index (χ1) is 19.4. The molecule has 0 aliphatic rings. The van der Waals surface area contributed by atoms with Crippen LogP contribution in [0, 0.1) is 0 Å². The van der Waals surface area contributed by atoms with E-state index in [-0.39, 0.29) is 0 Å². The van der Waals surface area contributed by atoms with Gasteiger partial charge < -0.3 is 4.42 Å². The Morgan fingerprint density at radius 2 is 0.718 bits per heavy atom. The van der Waals surface area contributed by atoms with E-state index in [0.717, 1.165) is 55.7 Å². The van der Waals surface area contributed by atoms with Crippen LogP contribution in [0.1, 0.15) is 0 Å². The summed E-state index contributed by atoms with van der Waals surface area (Å²) in [6.45, 7) is 0. The largest absolute Gasteiger partial charge is 0.455 e. The Morgan fingerprint density at radius 3 is 1.23 bits per heavy atom. The van der Waals surface area contributed by atoms with Gasteiger partial charge in [-0.25, -0.2) is 0 Å². The molecule has 1 aromatic heterocycles. The van der Waals surface area contributed by atoms with Crippen LogP contribution in [0.25, 0.3) is 66.8 Å². The van der Waals surface area contributed by atoms with Crippen molar-refractivity contribution in [2.24, 2.45) is 0 Å². The smallest absolute Gasteiger partial charge is 0.143 e. The van der Waals surface area contributed by atoms with E-state index in [1.54, 1.807) is 0 Å². The van der Waals surface area contributed by atoms with Gasteiger partial charge >= 0.3 is 0 Å². The van der Waals surface area contributed by atoms with E-state index in [1.165, 1.54) is 11.1 Å². The zero-order valence-electron chi connectivity index (χ0n) is 21.4. The maximum absolute atomic E-state index is 7.02. The molecule has 0 unspecified atom stereocenters. The number of rotatable bonds is 5. The Hall–Kier alpha value is -5.14. The molecule has 0 saturated heterocycles. The molecule has 7 rings (SSSR count). The molecular formula is C38H26O. The lowest BCUT2D eigenvalue weighted by atomic mass is 9.88. The highest BCUT2D eigenvalue weighted by atomic mass is 16.3. The molecule has 0 atom stereocenters. The Bertz CT molecular complexity index is 1810. The summed E-state index contributed by atoms with van der Waals surface area (Å²) < 4.78 is 7.02. The Labute approximate surface area is 228 Å². The zero-order chi connectivity index (χ0) is 26.0. The number of benzene rings is 6. The molecule has 0 radical (unpaired) electrons. The second kappa shape index (κ2) is 9.96. The minimum Gasteiger partial charge on any atom is -0.455 e. The number of hydrogen-bond acceptors (Lipinski definition) is 1. The van der Waals surface area contributed by atoms with E-state index in [4.69, 9.17) is 4.42 Å². The van der Waals surface area contributed by atoms with E-state index < -0.39 is 0 Å². The molecule has 6 aromatic carbocycles. The molecule has 0 N–H and O–H groups in total. The van der Waals surface area contributed by atoms with Gasteiger partial charge in [-0.1, -0.05) is 158 Å². The lowest BCUT2D eigenvalue weighted by Crippen LogP contribution is -1.90. The van der Waals surface area contributed by atoms with E-state index in [9.17, 15) is 0 Å². The Balaban J connectivity index is 1.61. The first kappa shape index (κ1) is 23.0. The third kappa shape index (κ3) is 4.15. The lowest BCUT2D eigenvalue weighted by molar-refractivity contribution is 0.602. The normalized spacial score (nSPS) is 11.1. The Morgan fingerprint density at radius 1 is 0.308 bits per heavy atom.